The molecule has 1 spiro atoms. The molecule has 2 heterocycles. The first-order chi connectivity index (χ1) is 13.0. The highest BCUT2D eigenvalue weighted by molar-refractivity contribution is 5.82. The minimum Gasteiger partial charge on any atom is -0.363 e. The fourth-order valence-corrected chi connectivity index (χ4v) is 6.32. The summed E-state index contributed by atoms with van der Waals surface area (Å²) in [5, 5.41) is 0. The number of benzene rings is 1. The molecule has 0 aromatic heterocycles. The molecule has 5 rings (SSSR count). The van der Waals surface area contributed by atoms with E-state index in [4.69, 9.17) is 0 Å². The predicted octanol–water partition coefficient (Wildman–Crippen LogP) is 3.95. The maximum Gasteiger partial charge on any atom is 0.149 e. The number of Topliss-reactive ketones (excluding diaryl/α,β-unsaturated/α-hetero) is 1. The highest BCUT2D eigenvalue weighted by atomic mass is 16.1. The van der Waals surface area contributed by atoms with Gasteiger partial charge in [0.1, 0.15) is 5.78 Å². The summed E-state index contributed by atoms with van der Waals surface area (Å²) in [4.78, 5) is 16.9. The Kier molecular flexibility index (Phi) is 4.19. The van der Waals surface area contributed by atoms with Gasteiger partial charge in [0.15, 0.2) is 0 Å². The molecule has 2 aliphatic carbocycles. The van der Waals surface area contributed by atoms with Crippen molar-refractivity contribution in [2.24, 2.45) is 17.8 Å². The zero-order valence-electron chi connectivity index (χ0n) is 16.8. The second-order valence-electron chi connectivity index (χ2n) is 9.70. The van der Waals surface area contributed by atoms with Gasteiger partial charge in [-0.3, -0.25) is 4.79 Å². The summed E-state index contributed by atoms with van der Waals surface area (Å²) in [6.45, 7) is 9.19. The second kappa shape index (κ2) is 6.48. The average molecular weight is 365 g/mol. The molecule has 0 radical (unpaired) electrons. The first kappa shape index (κ1) is 17.5. The van der Waals surface area contributed by atoms with Crippen LogP contribution in [0.4, 0.5) is 5.69 Å². The van der Waals surface area contributed by atoms with E-state index in [-0.39, 0.29) is 11.2 Å². The highest BCUT2D eigenvalue weighted by Gasteiger charge is 2.45. The molecule has 144 valence electrons. The van der Waals surface area contributed by atoms with Crippen LogP contribution in [-0.2, 0) is 10.2 Å². The van der Waals surface area contributed by atoms with Crippen LogP contribution in [0.1, 0.15) is 43.7 Å². The standard InChI is InChI=1S/C24H32N2O/c1-17-3-6-23-22(11-17)24(16-26(23)14-18(2)27)7-9-25(10-8-24)15-21-13-19-4-5-20(21)12-19/h3-6,11,19-21H,7-10,12-16H2,1-2H3/t19-,20-,21-/m0/s1. The number of fused-ring (bicyclic) bond motifs is 4. The molecule has 0 N–H and O–H groups in total. The predicted molar refractivity (Wildman–Crippen MR) is 110 cm³/mol. The van der Waals surface area contributed by atoms with Gasteiger partial charge in [-0.2, -0.15) is 0 Å². The van der Waals surface area contributed by atoms with Crippen molar-refractivity contribution in [2.75, 3.05) is 37.6 Å². The third-order valence-corrected chi connectivity index (χ3v) is 7.69. The van der Waals surface area contributed by atoms with Gasteiger partial charge < -0.3 is 9.80 Å². The molecule has 3 nitrogen and oxygen atoms in total. The number of aryl methyl sites for hydroxylation is 1. The topological polar surface area (TPSA) is 23.6 Å². The maximum absolute atomic E-state index is 11.8. The Balaban J connectivity index is 1.30. The van der Waals surface area contributed by atoms with Crippen LogP contribution < -0.4 is 4.90 Å². The number of piperidine rings is 1. The van der Waals surface area contributed by atoms with E-state index in [1.807, 2.05) is 0 Å². The fraction of sp³-hybridized carbons (Fsp3) is 0.625. The molecule has 1 aromatic carbocycles. The first-order valence-electron chi connectivity index (χ1n) is 10.8. The number of hydrogen-bond acceptors (Lipinski definition) is 3. The molecule has 2 bridgehead atoms. The van der Waals surface area contributed by atoms with E-state index in [1.165, 1.54) is 62.1 Å². The van der Waals surface area contributed by atoms with Gasteiger partial charge in [-0.15, -0.1) is 0 Å². The minimum atomic E-state index is 0.252. The largest absolute Gasteiger partial charge is 0.363 e. The molecule has 0 amide bonds. The Morgan fingerprint density at radius 1 is 1.19 bits per heavy atom. The van der Waals surface area contributed by atoms with E-state index in [0.29, 0.717) is 6.54 Å². The second-order valence-corrected chi connectivity index (χ2v) is 9.70. The molecule has 3 atom stereocenters. The summed E-state index contributed by atoms with van der Waals surface area (Å²) >= 11 is 0. The lowest BCUT2D eigenvalue weighted by molar-refractivity contribution is -0.115. The Morgan fingerprint density at radius 3 is 2.67 bits per heavy atom. The summed E-state index contributed by atoms with van der Waals surface area (Å²) in [6, 6.07) is 6.84. The summed E-state index contributed by atoms with van der Waals surface area (Å²) < 4.78 is 0. The zero-order chi connectivity index (χ0) is 18.6. The van der Waals surface area contributed by atoms with Crippen molar-refractivity contribution in [1.82, 2.24) is 4.90 Å². The number of rotatable bonds is 4. The van der Waals surface area contributed by atoms with Crippen molar-refractivity contribution in [3.05, 3.63) is 41.5 Å². The van der Waals surface area contributed by atoms with Crippen molar-refractivity contribution in [3.63, 3.8) is 0 Å². The van der Waals surface area contributed by atoms with Gasteiger partial charge in [-0.05, 0) is 82.0 Å². The van der Waals surface area contributed by atoms with E-state index in [1.54, 1.807) is 6.92 Å². The van der Waals surface area contributed by atoms with Crippen LogP contribution in [0.3, 0.4) is 0 Å². The molecule has 1 saturated carbocycles. The molecular weight excluding hydrogens is 332 g/mol. The zero-order valence-corrected chi connectivity index (χ0v) is 16.8. The van der Waals surface area contributed by atoms with E-state index >= 15 is 0 Å². The number of nitrogens with zero attached hydrogens (tertiary/aromatic N) is 2. The number of ketones is 1. The monoisotopic (exact) mass is 364 g/mol. The third kappa shape index (κ3) is 3.04. The number of carbonyl (C=O) groups is 1. The van der Waals surface area contributed by atoms with Crippen LogP contribution in [0.5, 0.6) is 0 Å². The van der Waals surface area contributed by atoms with Gasteiger partial charge in [0, 0.05) is 24.2 Å². The third-order valence-electron chi connectivity index (χ3n) is 7.69. The number of carbonyl (C=O) groups excluding carboxylic acids is 1. The molecule has 0 unspecified atom stereocenters. The normalized spacial score (nSPS) is 31.0. The average Bonchev–Trinajstić information content (AvgIpc) is 3.31. The van der Waals surface area contributed by atoms with Crippen LogP contribution >= 0.6 is 0 Å². The van der Waals surface area contributed by atoms with Crippen molar-refractivity contribution < 1.29 is 4.79 Å². The highest BCUT2D eigenvalue weighted by Crippen LogP contribution is 2.48. The van der Waals surface area contributed by atoms with Gasteiger partial charge in [0.05, 0.1) is 6.54 Å². The molecular formula is C24H32N2O. The van der Waals surface area contributed by atoms with Crippen LogP contribution in [0.25, 0.3) is 0 Å². The summed E-state index contributed by atoms with van der Waals surface area (Å²) in [5.41, 5.74) is 4.41. The molecule has 3 heteroatoms. The lowest BCUT2D eigenvalue weighted by Gasteiger charge is -2.41. The number of likely N-dealkylation sites (tertiary alicyclic amines) is 1. The molecule has 1 aromatic rings. The van der Waals surface area contributed by atoms with E-state index in [0.717, 1.165) is 24.3 Å². The van der Waals surface area contributed by atoms with Gasteiger partial charge in [0.25, 0.3) is 0 Å². The Hall–Kier alpha value is -1.61. The van der Waals surface area contributed by atoms with E-state index in [2.05, 4.69) is 47.1 Å². The summed E-state index contributed by atoms with van der Waals surface area (Å²) in [7, 11) is 0. The van der Waals surface area contributed by atoms with Crippen LogP contribution in [0, 0.1) is 24.7 Å². The SMILES string of the molecule is CC(=O)CN1CC2(CCN(C[C@@H]3C[C@H]4C=C[C@H]3C4)CC2)c2cc(C)ccc21. The van der Waals surface area contributed by atoms with Gasteiger partial charge >= 0.3 is 0 Å². The molecule has 1 saturated heterocycles. The molecule has 2 aliphatic heterocycles. The Labute approximate surface area is 163 Å². The van der Waals surface area contributed by atoms with Crippen LogP contribution in [0.2, 0.25) is 0 Å². The smallest absolute Gasteiger partial charge is 0.149 e. The van der Waals surface area contributed by atoms with Gasteiger partial charge in [-0.25, -0.2) is 0 Å². The van der Waals surface area contributed by atoms with E-state index in [9.17, 15) is 4.79 Å². The quantitative estimate of drug-likeness (QED) is 0.756. The molecule has 2 fully saturated rings. The first-order valence-corrected chi connectivity index (χ1v) is 10.8. The summed E-state index contributed by atoms with van der Waals surface area (Å²) in [5.74, 6) is 2.88. The van der Waals surface area contributed by atoms with Crippen molar-refractivity contribution in [2.45, 2.75) is 44.9 Å². The maximum atomic E-state index is 11.8. The minimum absolute atomic E-state index is 0.252. The Bertz CT molecular complexity index is 775. The van der Waals surface area contributed by atoms with Crippen LogP contribution in [-0.4, -0.2) is 43.4 Å². The van der Waals surface area contributed by atoms with E-state index < -0.39 is 0 Å². The molecule has 4 aliphatic rings. The Morgan fingerprint density at radius 2 is 2.00 bits per heavy atom. The van der Waals surface area contributed by atoms with Crippen molar-refractivity contribution in [1.29, 1.82) is 0 Å². The van der Waals surface area contributed by atoms with Crippen molar-refractivity contribution >= 4 is 11.5 Å². The fourth-order valence-electron chi connectivity index (χ4n) is 6.32. The van der Waals surface area contributed by atoms with Gasteiger partial charge in [0.2, 0.25) is 0 Å². The number of hydrogen-bond donors (Lipinski definition) is 0. The van der Waals surface area contributed by atoms with Crippen molar-refractivity contribution in [3.8, 4) is 0 Å². The summed E-state index contributed by atoms with van der Waals surface area (Å²) in [6.07, 6.45) is 10.2. The molecule has 27 heavy (non-hydrogen) atoms. The van der Waals surface area contributed by atoms with Gasteiger partial charge in [-0.1, -0.05) is 29.8 Å². The number of anilines is 1. The lowest BCUT2D eigenvalue weighted by atomic mass is 9.73. The number of allylic oxidation sites excluding steroid dienone is 2. The van der Waals surface area contributed by atoms with Crippen LogP contribution in [0.15, 0.2) is 30.4 Å². The lowest BCUT2D eigenvalue weighted by Crippen LogP contribution is -2.47.